The van der Waals surface area contributed by atoms with Gasteiger partial charge in [-0.15, -0.1) is 10.2 Å². The molecule has 1 N–H and O–H groups in total. The summed E-state index contributed by atoms with van der Waals surface area (Å²) in [7, 11) is 3.52. The quantitative estimate of drug-likeness (QED) is 0.561. The van der Waals surface area contributed by atoms with Crippen LogP contribution in [-0.4, -0.2) is 33.5 Å². The Morgan fingerprint density at radius 1 is 1.24 bits per heavy atom. The Kier molecular flexibility index (Phi) is 6.64. The zero-order chi connectivity index (χ0) is 21.0. The normalized spacial score (nSPS) is 12.2. The first-order valence-corrected chi connectivity index (χ1v) is 10.4. The van der Waals surface area contributed by atoms with E-state index in [-0.39, 0.29) is 23.6 Å². The molecule has 29 heavy (non-hydrogen) atoms. The summed E-state index contributed by atoms with van der Waals surface area (Å²) in [6.45, 7) is 6.06. The van der Waals surface area contributed by atoms with E-state index in [0.29, 0.717) is 5.16 Å². The second-order valence-electron chi connectivity index (χ2n) is 7.11. The maximum absolute atomic E-state index is 12.6. The Morgan fingerprint density at radius 2 is 1.97 bits per heavy atom. The lowest BCUT2D eigenvalue weighted by molar-refractivity contribution is -0.119. The molecule has 1 aromatic carbocycles. The van der Waals surface area contributed by atoms with Gasteiger partial charge in [-0.25, -0.2) is 0 Å². The molecule has 0 aliphatic heterocycles. The van der Waals surface area contributed by atoms with Crippen molar-refractivity contribution in [3.63, 3.8) is 0 Å². The fraction of sp³-hybridized carbons (Fsp3) is 0.381. The minimum Gasteiger partial charge on any atom is -0.497 e. The number of amides is 1. The standard InChI is InChI=1S/C21H26N4O3S/c1-13(2)19(15-6-8-16(27-5)9-7-15)22-18(26)12-29-21-24-23-20(25(21)4)17-10-11-28-14(17)3/h6-11,13,19H,12H2,1-5H3,(H,22,26). The number of rotatable bonds is 8. The molecule has 0 aliphatic carbocycles. The maximum atomic E-state index is 12.6. The number of methoxy groups -OCH3 is 1. The van der Waals surface area contributed by atoms with Crippen molar-refractivity contribution in [1.29, 1.82) is 0 Å². The highest BCUT2D eigenvalue weighted by Gasteiger charge is 2.20. The Hall–Kier alpha value is -2.74. The lowest BCUT2D eigenvalue weighted by atomic mass is 9.96. The largest absolute Gasteiger partial charge is 0.497 e. The third-order valence-electron chi connectivity index (χ3n) is 4.73. The Balaban J connectivity index is 1.64. The fourth-order valence-electron chi connectivity index (χ4n) is 3.08. The first kappa shape index (κ1) is 21.0. The van der Waals surface area contributed by atoms with Crippen LogP contribution in [0.15, 0.2) is 46.2 Å². The van der Waals surface area contributed by atoms with E-state index in [1.165, 1.54) is 11.8 Å². The van der Waals surface area contributed by atoms with Gasteiger partial charge in [0.1, 0.15) is 11.5 Å². The van der Waals surface area contributed by atoms with Crippen LogP contribution >= 0.6 is 11.8 Å². The summed E-state index contributed by atoms with van der Waals surface area (Å²) in [6.07, 6.45) is 1.63. The number of hydrogen-bond acceptors (Lipinski definition) is 6. The molecule has 0 saturated heterocycles. The number of ether oxygens (including phenoxy) is 1. The van der Waals surface area contributed by atoms with Crippen molar-refractivity contribution in [1.82, 2.24) is 20.1 Å². The van der Waals surface area contributed by atoms with Crippen molar-refractivity contribution in [2.45, 2.75) is 32.0 Å². The first-order chi connectivity index (χ1) is 13.9. The van der Waals surface area contributed by atoms with Gasteiger partial charge >= 0.3 is 0 Å². The number of benzene rings is 1. The summed E-state index contributed by atoms with van der Waals surface area (Å²) in [6, 6.07) is 9.58. The van der Waals surface area contributed by atoms with Gasteiger partial charge in [-0.3, -0.25) is 4.79 Å². The number of nitrogens with zero attached hydrogens (tertiary/aromatic N) is 3. The molecule has 0 spiro atoms. The van der Waals surface area contributed by atoms with E-state index in [2.05, 4.69) is 29.4 Å². The number of carbonyl (C=O) groups is 1. The Labute approximate surface area is 174 Å². The predicted octanol–water partition coefficient (Wildman–Crippen LogP) is 4.00. The predicted molar refractivity (Wildman–Crippen MR) is 113 cm³/mol. The molecule has 0 aliphatic rings. The summed E-state index contributed by atoms with van der Waals surface area (Å²) in [5.74, 6) is 2.77. The topological polar surface area (TPSA) is 82.2 Å². The van der Waals surface area contributed by atoms with Crippen molar-refractivity contribution >= 4 is 17.7 Å². The third-order valence-corrected chi connectivity index (χ3v) is 5.75. The van der Waals surface area contributed by atoms with E-state index in [9.17, 15) is 4.79 Å². The van der Waals surface area contributed by atoms with Crippen molar-refractivity contribution < 1.29 is 13.9 Å². The average molecular weight is 415 g/mol. The van der Waals surface area contributed by atoms with Gasteiger partial charge in [0.15, 0.2) is 11.0 Å². The Morgan fingerprint density at radius 3 is 2.55 bits per heavy atom. The summed E-state index contributed by atoms with van der Waals surface area (Å²) < 4.78 is 12.4. The van der Waals surface area contributed by atoms with Crippen LogP contribution < -0.4 is 10.1 Å². The van der Waals surface area contributed by atoms with E-state index in [0.717, 1.165) is 28.5 Å². The number of furan rings is 1. The molecule has 0 bridgehead atoms. The second-order valence-corrected chi connectivity index (χ2v) is 8.05. The van der Waals surface area contributed by atoms with E-state index in [1.807, 2.05) is 48.9 Å². The van der Waals surface area contributed by atoms with E-state index >= 15 is 0 Å². The summed E-state index contributed by atoms with van der Waals surface area (Å²) in [5, 5.41) is 12.3. The SMILES string of the molecule is COc1ccc(C(NC(=O)CSc2nnc(-c3ccoc3C)n2C)C(C)C)cc1. The van der Waals surface area contributed by atoms with Gasteiger partial charge in [-0.05, 0) is 36.6 Å². The smallest absolute Gasteiger partial charge is 0.230 e. The van der Waals surface area contributed by atoms with Crippen LogP contribution in [0.25, 0.3) is 11.4 Å². The number of nitrogens with one attached hydrogen (secondary N) is 1. The van der Waals surface area contributed by atoms with Crippen LogP contribution in [0.2, 0.25) is 0 Å². The number of aromatic nitrogens is 3. The molecular weight excluding hydrogens is 388 g/mol. The lowest BCUT2D eigenvalue weighted by Crippen LogP contribution is -2.33. The molecule has 1 unspecified atom stereocenters. The molecule has 7 nitrogen and oxygen atoms in total. The molecule has 3 rings (SSSR count). The Bertz CT molecular complexity index is 963. The monoisotopic (exact) mass is 414 g/mol. The van der Waals surface area contributed by atoms with Crippen LogP contribution in [0.5, 0.6) is 5.75 Å². The molecule has 1 amide bonds. The summed E-state index contributed by atoms with van der Waals surface area (Å²) >= 11 is 1.36. The summed E-state index contributed by atoms with van der Waals surface area (Å²) in [5.41, 5.74) is 1.95. The van der Waals surface area contributed by atoms with Gasteiger partial charge in [0, 0.05) is 7.05 Å². The number of carbonyl (C=O) groups excluding carboxylic acids is 1. The molecule has 2 aromatic heterocycles. The molecule has 0 saturated carbocycles. The van der Waals surface area contributed by atoms with Crippen LogP contribution in [0, 0.1) is 12.8 Å². The maximum Gasteiger partial charge on any atom is 0.230 e. The molecular formula is C21H26N4O3S. The number of aryl methyl sites for hydroxylation is 1. The molecule has 8 heteroatoms. The highest BCUT2D eigenvalue weighted by molar-refractivity contribution is 7.99. The highest BCUT2D eigenvalue weighted by Crippen LogP contribution is 2.27. The van der Waals surface area contributed by atoms with Crippen LogP contribution in [0.3, 0.4) is 0 Å². The van der Waals surface area contributed by atoms with Gasteiger partial charge in [0.25, 0.3) is 0 Å². The molecule has 0 radical (unpaired) electrons. The third kappa shape index (κ3) is 4.82. The zero-order valence-electron chi connectivity index (χ0n) is 17.3. The average Bonchev–Trinajstić information content (AvgIpc) is 3.29. The summed E-state index contributed by atoms with van der Waals surface area (Å²) in [4.78, 5) is 12.6. The first-order valence-electron chi connectivity index (χ1n) is 9.40. The van der Waals surface area contributed by atoms with Gasteiger partial charge in [-0.2, -0.15) is 0 Å². The van der Waals surface area contributed by atoms with Gasteiger partial charge in [-0.1, -0.05) is 37.7 Å². The second kappa shape index (κ2) is 9.17. The number of hydrogen-bond donors (Lipinski definition) is 1. The highest BCUT2D eigenvalue weighted by atomic mass is 32.2. The van der Waals surface area contributed by atoms with E-state index in [1.54, 1.807) is 13.4 Å². The van der Waals surface area contributed by atoms with Gasteiger partial charge in [0.05, 0.1) is 30.7 Å². The molecule has 154 valence electrons. The minimum atomic E-state index is -0.0716. The fourth-order valence-corrected chi connectivity index (χ4v) is 3.81. The van der Waals surface area contributed by atoms with Gasteiger partial charge in [0.2, 0.25) is 5.91 Å². The van der Waals surface area contributed by atoms with Gasteiger partial charge < -0.3 is 19.0 Å². The van der Waals surface area contributed by atoms with Crippen LogP contribution in [0.4, 0.5) is 0 Å². The molecule has 1 atom stereocenters. The zero-order valence-corrected chi connectivity index (χ0v) is 18.1. The lowest BCUT2D eigenvalue weighted by Gasteiger charge is -2.23. The van der Waals surface area contributed by atoms with E-state index < -0.39 is 0 Å². The van der Waals surface area contributed by atoms with E-state index in [4.69, 9.17) is 9.15 Å². The van der Waals surface area contributed by atoms with Crippen molar-refractivity contribution in [2.24, 2.45) is 13.0 Å². The molecule has 0 fully saturated rings. The van der Waals surface area contributed by atoms with Crippen LogP contribution in [0.1, 0.15) is 31.2 Å². The number of thioether (sulfide) groups is 1. The van der Waals surface area contributed by atoms with Crippen molar-refractivity contribution in [3.8, 4) is 17.1 Å². The van der Waals surface area contributed by atoms with Crippen molar-refractivity contribution in [3.05, 3.63) is 47.9 Å². The van der Waals surface area contributed by atoms with Crippen molar-refractivity contribution in [2.75, 3.05) is 12.9 Å². The molecule has 3 aromatic rings. The van der Waals surface area contributed by atoms with Crippen LogP contribution in [-0.2, 0) is 11.8 Å². The minimum absolute atomic E-state index is 0.0476. The molecule has 2 heterocycles.